The third-order valence-electron chi connectivity index (χ3n) is 8.33. The van der Waals surface area contributed by atoms with Crippen molar-refractivity contribution in [2.75, 3.05) is 6.54 Å². The van der Waals surface area contributed by atoms with E-state index in [2.05, 4.69) is 31.3 Å². The molecule has 0 aromatic heterocycles. The number of rotatable bonds is 33. The highest BCUT2D eigenvalue weighted by Crippen LogP contribution is 2.18. The molecule has 0 bridgehead atoms. The van der Waals surface area contributed by atoms with Gasteiger partial charge in [0.05, 0.1) is 0 Å². The Morgan fingerprint density at radius 1 is 0.636 bits per heavy atom. The summed E-state index contributed by atoms with van der Waals surface area (Å²) in [6, 6.07) is -0.871. The maximum absolute atomic E-state index is 12.6. The highest BCUT2D eigenvalue weighted by molar-refractivity contribution is 5.83. The van der Waals surface area contributed by atoms with Crippen LogP contribution in [0, 0.1) is 0 Å². The van der Waals surface area contributed by atoms with Crippen molar-refractivity contribution in [3.05, 3.63) is 12.2 Å². The molecule has 0 fully saturated rings. The van der Waals surface area contributed by atoms with Gasteiger partial charge >= 0.3 is 11.9 Å². The van der Waals surface area contributed by atoms with Crippen LogP contribution < -0.4 is 11.1 Å². The third-order valence-corrected chi connectivity index (χ3v) is 8.33. The fourth-order valence-corrected chi connectivity index (χ4v) is 5.50. The van der Waals surface area contributed by atoms with E-state index in [4.69, 9.17) is 10.5 Å². The van der Waals surface area contributed by atoms with E-state index in [-0.39, 0.29) is 18.0 Å². The van der Waals surface area contributed by atoms with E-state index in [9.17, 15) is 19.5 Å². The quantitative estimate of drug-likeness (QED) is 0.0381. The van der Waals surface area contributed by atoms with Crippen LogP contribution in [0.25, 0.3) is 0 Å². The molecule has 0 spiro atoms. The molecule has 0 aliphatic carbocycles. The molecule has 7 nitrogen and oxygen atoms in total. The Kier molecular flexibility index (Phi) is 31.1. The first kappa shape index (κ1) is 42.1. The van der Waals surface area contributed by atoms with Gasteiger partial charge in [0.25, 0.3) is 0 Å². The number of nitrogens with one attached hydrogen (secondary N) is 1. The molecule has 0 saturated heterocycles. The maximum Gasteiger partial charge on any atom is 0.326 e. The molecule has 0 aromatic rings. The van der Waals surface area contributed by atoms with Crippen LogP contribution in [0.1, 0.15) is 187 Å². The van der Waals surface area contributed by atoms with Gasteiger partial charge in [-0.2, -0.15) is 0 Å². The second kappa shape index (κ2) is 32.5. The van der Waals surface area contributed by atoms with Crippen molar-refractivity contribution < 1.29 is 24.2 Å². The van der Waals surface area contributed by atoms with Gasteiger partial charge in [0, 0.05) is 12.8 Å². The second-order valence-electron chi connectivity index (χ2n) is 12.6. The molecule has 0 aliphatic heterocycles. The Hall–Kier alpha value is -1.89. The molecule has 2 unspecified atom stereocenters. The third kappa shape index (κ3) is 28.9. The van der Waals surface area contributed by atoms with Crippen molar-refractivity contribution in [3.63, 3.8) is 0 Å². The van der Waals surface area contributed by atoms with Gasteiger partial charge in [-0.25, -0.2) is 4.79 Å². The molecule has 4 N–H and O–H groups in total. The minimum absolute atomic E-state index is 0.0475. The summed E-state index contributed by atoms with van der Waals surface area (Å²) < 4.78 is 5.90. The Bertz CT molecular complexity index is 712. The van der Waals surface area contributed by atoms with Crippen molar-refractivity contribution in [2.45, 2.75) is 199 Å². The lowest BCUT2D eigenvalue weighted by Crippen LogP contribution is -2.40. The average molecular weight is 623 g/mol. The predicted octanol–water partition coefficient (Wildman–Crippen LogP) is 9.56. The first-order valence-corrected chi connectivity index (χ1v) is 18.5. The lowest BCUT2D eigenvalue weighted by atomic mass is 10.0. The summed E-state index contributed by atoms with van der Waals surface area (Å²) in [7, 11) is 0. The molecule has 44 heavy (non-hydrogen) atoms. The van der Waals surface area contributed by atoms with E-state index in [1.54, 1.807) is 0 Å². The Labute approximate surface area is 270 Å². The molecule has 7 heteroatoms. The minimum atomic E-state index is -1.02. The molecule has 258 valence electrons. The van der Waals surface area contributed by atoms with Crippen LogP contribution in [-0.2, 0) is 19.1 Å². The van der Waals surface area contributed by atoms with Crippen molar-refractivity contribution in [3.8, 4) is 0 Å². The topological polar surface area (TPSA) is 119 Å². The van der Waals surface area contributed by atoms with Gasteiger partial charge in [-0.1, -0.05) is 109 Å². The van der Waals surface area contributed by atoms with Crippen LogP contribution >= 0.6 is 0 Å². The lowest BCUT2D eigenvalue weighted by Gasteiger charge is -2.18. The zero-order valence-electron chi connectivity index (χ0n) is 28.8. The zero-order valence-corrected chi connectivity index (χ0v) is 28.8. The van der Waals surface area contributed by atoms with Crippen molar-refractivity contribution in [2.24, 2.45) is 5.73 Å². The fourth-order valence-electron chi connectivity index (χ4n) is 5.50. The summed E-state index contributed by atoms with van der Waals surface area (Å²) in [4.78, 5) is 36.1. The van der Waals surface area contributed by atoms with E-state index in [0.29, 0.717) is 38.6 Å². The van der Waals surface area contributed by atoms with Gasteiger partial charge in [0.15, 0.2) is 0 Å². The van der Waals surface area contributed by atoms with Crippen LogP contribution in [0.15, 0.2) is 12.2 Å². The molecule has 0 radical (unpaired) electrons. The monoisotopic (exact) mass is 623 g/mol. The number of allylic oxidation sites excluding steroid dienone is 2. The molecule has 2 atom stereocenters. The van der Waals surface area contributed by atoms with Crippen LogP contribution in [0.3, 0.4) is 0 Å². The summed E-state index contributed by atoms with van der Waals surface area (Å²) in [6.45, 7) is 4.86. The summed E-state index contributed by atoms with van der Waals surface area (Å²) in [5, 5.41) is 11.9. The highest BCUT2D eigenvalue weighted by Gasteiger charge is 2.19. The van der Waals surface area contributed by atoms with Gasteiger partial charge in [-0.3, -0.25) is 9.59 Å². The minimum Gasteiger partial charge on any atom is -0.480 e. The SMILES string of the molecule is CCCCCCCCC/C=C\CCCCCCCC(=O)OC(CCCCCC)CCCCCC(=O)NC(CCCN)C(=O)O. The van der Waals surface area contributed by atoms with Gasteiger partial charge in [-0.15, -0.1) is 0 Å². The largest absolute Gasteiger partial charge is 0.480 e. The fraction of sp³-hybridized carbons (Fsp3) is 0.865. The molecule has 0 aromatic carbocycles. The van der Waals surface area contributed by atoms with E-state index in [1.807, 2.05) is 0 Å². The summed E-state index contributed by atoms with van der Waals surface area (Å²) in [5.41, 5.74) is 5.46. The van der Waals surface area contributed by atoms with Crippen LogP contribution in [0.4, 0.5) is 0 Å². The summed E-state index contributed by atoms with van der Waals surface area (Å²) in [6.07, 6.45) is 32.7. The average Bonchev–Trinajstić information content (AvgIpc) is 3.00. The molecule has 1 amide bonds. The Morgan fingerprint density at radius 3 is 1.66 bits per heavy atom. The van der Waals surface area contributed by atoms with Crippen molar-refractivity contribution >= 4 is 17.8 Å². The van der Waals surface area contributed by atoms with Gasteiger partial charge < -0.3 is 20.9 Å². The molecule has 0 heterocycles. The van der Waals surface area contributed by atoms with E-state index in [0.717, 1.165) is 51.4 Å². The number of carbonyl (C=O) groups is 3. The summed E-state index contributed by atoms with van der Waals surface area (Å²) in [5.74, 6) is -1.32. The predicted molar refractivity (Wildman–Crippen MR) is 184 cm³/mol. The number of carboxylic acids is 1. The van der Waals surface area contributed by atoms with E-state index in [1.165, 1.54) is 89.9 Å². The zero-order chi connectivity index (χ0) is 32.5. The first-order valence-electron chi connectivity index (χ1n) is 18.5. The second-order valence-corrected chi connectivity index (χ2v) is 12.6. The van der Waals surface area contributed by atoms with Crippen molar-refractivity contribution in [1.29, 1.82) is 0 Å². The summed E-state index contributed by atoms with van der Waals surface area (Å²) >= 11 is 0. The number of hydrogen-bond donors (Lipinski definition) is 3. The number of aliphatic carboxylic acids is 1. The normalized spacial score (nSPS) is 12.8. The number of ether oxygens (including phenoxy) is 1. The Morgan fingerprint density at radius 2 is 1.11 bits per heavy atom. The standard InChI is InChI=1S/C37H70N2O5/c1-3-5-7-9-10-11-12-13-14-15-16-17-18-19-20-25-31-36(41)44-33(27-22-8-6-4-2)28-23-21-24-30-35(40)39-34(37(42)43)29-26-32-38/h14-15,33-34H,3-13,16-32,38H2,1-2H3,(H,39,40)(H,42,43)/b15-14-. The molecule has 0 saturated carbocycles. The number of carbonyl (C=O) groups excluding carboxylic acids is 2. The highest BCUT2D eigenvalue weighted by atomic mass is 16.5. The Balaban J connectivity index is 4.05. The van der Waals surface area contributed by atoms with Crippen LogP contribution in [0.5, 0.6) is 0 Å². The number of nitrogens with two attached hydrogens (primary N) is 1. The molecular formula is C37H70N2O5. The van der Waals surface area contributed by atoms with Gasteiger partial charge in [0.2, 0.25) is 5.91 Å². The van der Waals surface area contributed by atoms with E-state index < -0.39 is 12.0 Å². The number of unbranched alkanes of at least 4 members (excludes halogenated alkanes) is 17. The maximum atomic E-state index is 12.6. The van der Waals surface area contributed by atoms with E-state index >= 15 is 0 Å². The number of amides is 1. The smallest absolute Gasteiger partial charge is 0.326 e. The first-order chi connectivity index (χ1) is 21.4. The number of carboxylic acid groups (broad SMARTS) is 1. The molecular weight excluding hydrogens is 552 g/mol. The number of esters is 1. The molecule has 0 aliphatic rings. The molecule has 0 rings (SSSR count). The number of hydrogen-bond acceptors (Lipinski definition) is 5. The van der Waals surface area contributed by atoms with Gasteiger partial charge in [-0.05, 0) is 83.6 Å². The van der Waals surface area contributed by atoms with Gasteiger partial charge in [0.1, 0.15) is 12.1 Å². The lowest BCUT2D eigenvalue weighted by molar-refractivity contribution is -0.150. The van der Waals surface area contributed by atoms with Crippen molar-refractivity contribution in [1.82, 2.24) is 5.32 Å². The van der Waals surface area contributed by atoms with Crippen LogP contribution in [0.2, 0.25) is 0 Å². The van der Waals surface area contributed by atoms with Crippen LogP contribution in [-0.4, -0.2) is 41.6 Å².